The first-order chi connectivity index (χ1) is 9.79. The molecule has 0 unspecified atom stereocenters. The van der Waals surface area contributed by atoms with E-state index in [0.717, 1.165) is 10.0 Å². The van der Waals surface area contributed by atoms with Crippen molar-refractivity contribution in [3.8, 4) is 0 Å². The lowest BCUT2D eigenvalue weighted by Gasteiger charge is -2.15. The number of hydrogen-bond acceptors (Lipinski definition) is 3. The molecule has 0 bridgehead atoms. The fraction of sp³-hybridized carbons (Fsp3) is 0.308. The molecule has 3 amide bonds. The largest absolute Gasteiger partial charge is 0.480 e. The zero-order valence-electron chi connectivity index (χ0n) is 11.4. The fourth-order valence-electron chi connectivity index (χ4n) is 1.63. The Morgan fingerprint density at radius 1 is 1.38 bits per heavy atom. The molecular weight excluding hydrogens is 342 g/mol. The Balaban J connectivity index is 2.65. The summed E-state index contributed by atoms with van der Waals surface area (Å²) in [5, 5.41) is 13.8. The van der Waals surface area contributed by atoms with Gasteiger partial charge in [-0.15, -0.1) is 0 Å². The summed E-state index contributed by atoms with van der Waals surface area (Å²) in [7, 11) is 0. The van der Waals surface area contributed by atoms with Gasteiger partial charge >= 0.3 is 12.0 Å². The molecule has 1 aromatic rings. The van der Waals surface area contributed by atoms with Gasteiger partial charge in [0, 0.05) is 16.6 Å². The minimum atomic E-state index is -1.22. The summed E-state index contributed by atoms with van der Waals surface area (Å²) in [6.45, 7) is 1.81. The van der Waals surface area contributed by atoms with Gasteiger partial charge in [-0.25, -0.2) is 9.59 Å². The topological polar surface area (TPSA) is 122 Å². The molecule has 1 atom stereocenters. The maximum atomic E-state index is 11.8. The number of hydrogen-bond donors (Lipinski definition) is 4. The van der Waals surface area contributed by atoms with Crippen LogP contribution in [0.2, 0.25) is 0 Å². The number of halogens is 1. The molecule has 5 N–H and O–H groups in total. The lowest BCUT2D eigenvalue weighted by Crippen LogP contribution is -2.43. The maximum absolute atomic E-state index is 11.8. The lowest BCUT2D eigenvalue weighted by atomic mass is 10.1. The molecule has 8 heteroatoms. The van der Waals surface area contributed by atoms with Crippen LogP contribution in [0.1, 0.15) is 18.4 Å². The molecule has 21 heavy (non-hydrogen) atoms. The summed E-state index contributed by atoms with van der Waals surface area (Å²) in [5.41, 5.74) is 6.35. The predicted molar refractivity (Wildman–Crippen MR) is 80.9 cm³/mol. The third-order valence-electron chi connectivity index (χ3n) is 2.72. The summed E-state index contributed by atoms with van der Waals surface area (Å²) >= 11 is 3.31. The Morgan fingerprint density at radius 3 is 2.57 bits per heavy atom. The number of carbonyl (C=O) groups excluding carboxylic acids is 2. The van der Waals surface area contributed by atoms with Gasteiger partial charge in [-0.2, -0.15) is 0 Å². The summed E-state index contributed by atoms with van der Waals surface area (Å²) < 4.78 is 0.871. The number of aliphatic carboxylic acids is 1. The van der Waals surface area contributed by atoms with Crippen molar-refractivity contribution in [1.29, 1.82) is 0 Å². The van der Waals surface area contributed by atoms with Crippen molar-refractivity contribution in [2.75, 3.05) is 5.32 Å². The summed E-state index contributed by atoms with van der Waals surface area (Å²) in [6.07, 6.45) is -0.175. The summed E-state index contributed by atoms with van der Waals surface area (Å²) in [4.78, 5) is 33.5. The number of nitrogens with two attached hydrogens (primary N) is 1. The number of aryl methyl sites for hydroxylation is 1. The van der Waals surface area contributed by atoms with Crippen LogP contribution in [0.25, 0.3) is 0 Å². The van der Waals surface area contributed by atoms with Gasteiger partial charge in [0.05, 0.1) is 0 Å². The van der Waals surface area contributed by atoms with Crippen LogP contribution in [0.15, 0.2) is 22.7 Å². The molecular formula is C13H16BrN3O4. The maximum Gasteiger partial charge on any atom is 0.326 e. The van der Waals surface area contributed by atoms with Crippen molar-refractivity contribution in [2.24, 2.45) is 5.73 Å². The standard InChI is InChI=1S/C13H16BrN3O4/c1-7-6-8(14)2-3-9(7)16-13(21)17-10(12(19)20)4-5-11(15)18/h2-3,6,10H,4-5H2,1H3,(H2,15,18)(H,19,20)(H2,16,17,21)/t10-/m0/s1. The van der Waals surface area contributed by atoms with E-state index in [9.17, 15) is 14.4 Å². The van der Waals surface area contributed by atoms with Gasteiger partial charge in [0.1, 0.15) is 6.04 Å². The van der Waals surface area contributed by atoms with Crippen LogP contribution in [0, 0.1) is 6.92 Å². The summed E-state index contributed by atoms with van der Waals surface area (Å²) in [6, 6.07) is 3.44. The number of carboxylic acid groups (broad SMARTS) is 1. The minimum Gasteiger partial charge on any atom is -0.480 e. The van der Waals surface area contributed by atoms with Crippen molar-refractivity contribution in [3.05, 3.63) is 28.2 Å². The van der Waals surface area contributed by atoms with Crippen molar-refractivity contribution >= 4 is 39.5 Å². The normalized spacial score (nSPS) is 11.5. The molecule has 1 rings (SSSR count). The van der Waals surface area contributed by atoms with Crippen LogP contribution < -0.4 is 16.4 Å². The van der Waals surface area contributed by atoms with Crippen molar-refractivity contribution in [3.63, 3.8) is 0 Å². The van der Waals surface area contributed by atoms with Gasteiger partial charge in [-0.05, 0) is 37.1 Å². The fourth-order valence-corrected chi connectivity index (χ4v) is 2.10. The number of primary amides is 1. The van der Waals surface area contributed by atoms with Crippen molar-refractivity contribution in [2.45, 2.75) is 25.8 Å². The number of anilines is 1. The zero-order chi connectivity index (χ0) is 16.0. The number of carboxylic acids is 1. The van der Waals surface area contributed by atoms with Crippen molar-refractivity contribution < 1.29 is 19.5 Å². The smallest absolute Gasteiger partial charge is 0.326 e. The van der Waals surface area contributed by atoms with Gasteiger partial charge in [-0.1, -0.05) is 15.9 Å². The number of urea groups is 1. The number of carbonyl (C=O) groups is 3. The van der Waals surface area contributed by atoms with E-state index in [4.69, 9.17) is 10.8 Å². The molecule has 0 spiro atoms. The Labute approximate surface area is 130 Å². The second kappa shape index (κ2) is 7.63. The Hall–Kier alpha value is -2.09. The number of nitrogens with one attached hydrogen (secondary N) is 2. The molecule has 7 nitrogen and oxygen atoms in total. The number of amides is 3. The van der Waals surface area contributed by atoms with E-state index in [1.54, 1.807) is 12.1 Å². The zero-order valence-corrected chi connectivity index (χ0v) is 12.9. The highest BCUT2D eigenvalue weighted by molar-refractivity contribution is 9.10. The lowest BCUT2D eigenvalue weighted by molar-refractivity contribution is -0.139. The van der Waals surface area contributed by atoms with Gasteiger partial charge < -0.3 is 21.5 Å². The predicted octanol–water partition coefficient (Wildman–Crippen LogP) is 1.60. The molecule has 0 fully saturated rings. The molecule has 0 heterocycles. The molecule has 0 aromatic heterocycles. The number of rotatable bonds is 6. The van der Waals surface area contributed by atoms with E-state index in [1.807, 2.05) is 13.0 Å². The quantitative estimate of drug-likeness (QED) is 0.617. The SMILES string of the molecule is Cc1cc(Br)ccc1NC(=O)N[C@@H](CCC(N)=O)C(=O)O. The Morgan fingerprint density at radius 2 is 2.05 bits per heavy atom. The van der Waals surface area contributed by atoms with Gasteiger partial charge in [0.25, 0.3) is 0 Å². The van der Waals surface area contributed by atoms with Crippen molar-refractivity contribution in [1.82, 2.24) is 5.32 Å². The third kappa shape index (κ3) is 5.82. The van der Waals surface area contributed by atoms with E-state index >= 15 is 0 Å². The Kier molecular flexibility index (Phi) is 6.16. The van der Waals surface area contributed by atoms with Crippen LogP contribution in [0.4, 0.5) is 10.5 Å². The molecule has 0 aliphatic carbocycles. The average Bonchev–Trinajstić information content (AvgIpc) is 2.37. The molecule has 0 saturated heterocycles. The van der Waals surface area contributed by atoms with E-state index in [-0.39, 0.29) is 12.8 Å². The van der Waals surface area contributed by atoms with Crippen LogP contribution >= 0.6 is 15.9 Å². The van der Waals surface area contributed by atoms with Gasteiger partial charge in [-0.3, -0.25) is 4.79 Å². The highest BCUT2D eigenvalue weighted by atomic mass is 79.9. The van der Waals surface area contributed by atoms with E-state index in [2.05, 4.69) is 26.6 Å². The van der Waals surface area contributed by atoms with Gasteiger partial charge in [0.2, 0.25) is 5.91 Å². The van der Waals surface area contributed by atoms with E-state index < -0.39 is 23.9 Å². The molecule has 0 radical (unpaired) electrons. The first kappa shape index (κ1) is 17.0. The Bertz CT molecular complexity index is 562. The molecule has 0 saturated carbocycles. The molecule has 1 aromatic carbocycles. The summed E-state index contributed by atoms with van der Waals surface area (Å²) in [5.74, 6) is -1.84. The van der Waals surface area contributed by atoms with Gasteiger partial charge in [0.15, 0.2) is 0 Å². The monoisotopic (exact) mass is 357 g/mol. The number of benzene rings is 1. The average molecular weight is 358 g/mol. The highest BCUT2D eigenvalue weighted by Crippen LogP contribution is 2.19. The molecule has 114 valence electrons. The molecule has 0 aliphatic heterocycles. The second-order valence-corrected chi connectivity index (χ2v) is 5.37. The van der Waals surface area contributed by atoms with E-state index in [1.165, 1.54) is 0 Å². The third-order valence-corrected chi connectivity index (χ3v) is 3.21. The van der Waals surface area contributed by atoms with Crippen LogP contribution in [0.5, 0.6) is 0 Å². The van der Waals surface area contributed by atoms with E-state index in [0.29, 0.717) is 5.69 Å². The van der Waals surface area contributed by atoms with Crippen LogP contribution in [-0.4, -0.2) is 29.1 Å². The van der Waals surface area contributed by atoms with Crippen LogP contribution in [0.3, 0.4) is 0 Å². The molecule has 0 aliphatic rings. The minimum absolute atomic E-state index is 0.0581. The first-order valence-electron chi connectivity index (χ1n) is 6.14. The highest BCUT2D eigenvalue weighted by Gasteiger charge is 2.20. The first-order valence-corrected chi connectivity index (χ1v) is 6.93. The second-order valence-electron chi connectivity index (χ2n) is 4.45. The van der Waals surface area contributed by atoms with Crippen LogP contribution in [-0.2, 0) is 9.59 Å².